The lowest BCUT2D eigenvalue weighted by molar-refractivity contribution is -0.137. The van der Waals surface area contributed by atoms with Crippen LogP contribution in [0.15, 0.2) is 54.6 Å². The maximum Gasteiger partial charge on any atom is 0.416 e. The predicted octanol–water partition coefficient (Wildman–Crippen LogP) is 4.57. The quantitative estimate of drug-likeness (QED) is 0.814. The minimum atomic E-state index is -4.33. The monoisotopic (exact) mass is 335 g/mol. The lowest BCUT2D eigenvalue weighted by Crippen LogP contribution is -2.42. The zero-order valence-electron chi connectivity index (χ0n) is 13.5. The normalized spacial score (nSPS) is 22.3. The molecule has 0 aliphatic carbocycles. The van der Waals surface area contributed by atoms with Crippen LogP contribution in [0.3, 0.4) is 0 Å². The van der Waals surface area contributed by atoms with E-state index in [4.69, 9.17) is 4.74 Å². The maximum absolute atomic E-state index is 13.0. The number of hydrogen-bond donors (Lipinski definition) is 0. The molecule has 5 heteroatoms. The molecule has 128 valence electrons. The Kier molecular flexibility index (Phi) is 4.81. The summed E-state index contributed by atoms with van der Waals surface area (Å²) >= 11 is 0. The highest BCUT2D eigenvalue weighted by molar-refractivity contribution is 5.30. The molecule has 0 saturated carbocycles. The van der Waals surface area contributed by atoms with Crippen LogP contribution in [-0.2, 0) is 6.18 Å². The number of ether oxygens (including phenoxy) is 1. The van der Waals surface area contributed by atoms with E-state index >= 15 is 0 Å². The Morgan fingerprint density at radius 2 is 1.79 bits per heavy atom. The second-order valence-electron chi connectivity index (χ2n) is 6.25. The SMILES string of the molecule is CN1CC[C@@H](Oc2ccccc2)[C@H](c2cccc(C(F)(F)F)c2)C1. The molecule has 2 aromatic rings. The van der Waals surface area contributed by atoms with Gasteiger partial charge in [0.15, 0.2) is 0 Å². The van der Waals surface area contributed by atoms with Gasteiger partial charge in [0.1, 0.15) is 11.9 Å². The fraction of sp³-hybridized carbons (Fsp3) is 0.368. The van der Waals surface area contributed by atoms with Gasteiger partial charge in [-0.1, -0.05) is 36.4 Å². The molecule has 1 aliphatic heterocycles. The Labute approximate surface area is 139 Å². The molecule has 2 aromatic carbocycles. The van der Waals surface area contributed by atoms with Gasteiger partial charge in [0.25, 0.3) is 0 Å². The summed E-state index contributed by atoms with van der Waals surface area (Å²) in [6.45, 7) is 1.55. The largest absolute Gasteiger partial charge is 0.490 e. The number of likely N-dealkylation sites (tertiary alicyclic amines) is 1. The summed E-state index contributed by atoms with van der Waals surface area (Å²) in [6, 6.07) is 15.1. The minimum absolute atomic E-state index is 0.0914. The van der Waals surface area contributed by atoms with Crippen LogP contribution in [-0.4, -0.2) is 31.1 Å². The molecular weight excluding hydrogens is 315 g/mol. The van der Waals surface area contributed by atoms with Gasteiger partial charge in [-0.05, 0) is 37.2 Å². The topological polar surface area (TPSA) is 12.5 Å². The first kappa shape index (κ1) is 16.8. The number of alkyl halides is 3. The Balaban J connectivity index is 1.87. The third-order valence-electron chi connectivity index (χ3n) is 4.43. The Morgan fingerprint density at radius 1 is 1.04 bits per heavy atom. The van der Waals surface area contributed by atoms with Gasteiger partial charge in [-0.3, -0.25) is 0 Å². The second-order valence-corrected chi connectivity index (χ2v) is 6.25. The summed E-state index contributed by atoms with van der Waals surface area (Å²) in [7, 11) is 1.99. The van der Waals surface area contributed by atoms with E-state index in [-0.39, 0.29) is 12.0 Å². The van der Waals surface area contributed by atoms with Crippen LogP contribution in [0.4, 0.5) is 13.2 Å². The summed E-state index contributed by atoms with van der Waals surface area (Å²) in [5.41, 5.74) is 0.0731. The van der Waals surface area contributed by atoms with E-state index in [0.717, 1.165) is 24.8 Å². The van der Waals surface area contributed by atoms with Crippen molar-refractivity contribution in [3.8, 4) is 5.75 Å². The third kappa shape index (κ3) is 3.90. The van der Waals surface area contributed by atoms with E-state index in [1.54, 1.807) is 6.07 Å². The summed E-state index contributed by atoms with van der Waals surface area (Å²) in [4.78, 5) is 2.13. The van der Waals surface area contributed by atoms with Crippen LogP contribution in [0, 0.1) is 0 Å². The highest BCUT2D eigenvalue weighted by Crippen LogP contribution is 2.34. The number of rotatable bonds is 3. The molecule has 3 rings (SSSR count). The highest BCUT2D eigenvalue weighted by atomic mass is 19.4. The van der Waals surface area contributed by atoms with Gasteiger partial charge in [-0.25, -0.2) is 0 Å². The van der Waals surface area contributed by atoms with Gasteiger partial charge < -0.3 is 9.64 Å². The molecule has 0 amide bonds. The molecule has 1 fully saturated rings. The molecule has 0 bridgehead atoms. The number of piperidine rings is 1. The molecule has 0 N–H and O–H groups in total. The van der Waals surface area contributed by atoms with Crippen molar-refractivity contribution in [2.75, 3.05) is 20.1 Å². The van der Waals surface area contributed by atoms with Crippen LogP contribution in [0.1, 0.15) is 23.5 Å². The Morgan fingerprint density at radius 3 is 2.50 bits per heavy atom. The zero-order valence-corrected chi connectivity index (χ0v) is 13.5. The molecule has 0 aromatic heterocycles. The van der Waals surface area contributed by atoms with Crippen molar-refractivity contribution in [1.29, 1.82) is 0 Å². The van der Waals surface area contributed by atoms with Crippen LogP contribution >= 0.6 is 0 Å². The van der Waals surface area contributed by atoms with Gasteiger partial charge in [0.2, 0.25) is 0 Å². The van der Waals surface area contributed by atoms with Crippen molar-refractivity contribution in [1.82, 2.24) is 4.90 Å². The smallest absolute Gasteiger partial charge is 0.416 e. The van der Waals surface area contributed by atoms with Gasteiger partial charge >= 0.3 is 6.18 Å². The number of hydrogen-bond acceptors (Lipinski definition) is 2. The standard InChI is InChI=1S/C19H20F3NO/c1-23-11-10-18(24-16-8-3-2-4-9-16)17(13-23)14-6-5-7-15(12-14)19(20,21)22/h2-9,12,17-18H,10-11,13H2,1H3/t17-,18+/m0/s1. The van der Waals surface area contributed by atoms with Crippen LogP contribution in [0.25, 0.3) is 0 Å². The number of likely N-dealkylation sites (N-methyl/N-ethyl adjacent to an activating group) is 1. The molecule has 0 spiro atoms. The van der Waals surface area contributed by atoms with Crippen LogP contribution in [0.2, 0.25) is 0 Å². The van der Waals surface area contributed by atoms with Crippen molar-refractivity contribution in [2.45, 2.75) is 24.6 Å². The molecule has 24 heavy (non-hydrogen) atoms. The zero-order chi connectivity index (χ0) is 17.2. The summed E-state index contributed by atoms with van der Waals surface area (Å²) in [5.74, 6) is 0.662. The van der Waals surface area contributed by atoms with Crippen molar-refractivity contribution in [3.05, 3.63) is 65.7 Å². The first-order valence-electron chi connectivity index (χ1n) is 8.01. The first-order chi connectivity index (χ1) is 11.4. The van der Waals surface area contributed by atoms with Gasteiger partial charge in [-0.15, -0.1) is 0 Å². The number of halogens is 3. The predicted molar refractivity (Wildman–Crippen MR) is 87.2 cm³/mol. The second kappa shape index (κ2) is 6.85. The molecule has 1 saturated heterocycles. The van der Waals surface area contributed by atoms with E-state index in [1.165, 1.54) is 12.1 Å². The first-order valence-corrected chi connectivity index (χ1v) is 8.01. The molecule has 2 nitrogen and oxygen atoms in total. The van der Waals surface area contributed by atoms with Gasteiger partial charge in [0.05, 0.1) is 5.56 Å². The van der Waals surface area contributed by atoms with Crippen LogP contribution in [0.5, 0.6) is 5.75 Å². The minimum Gasteiger partial charge on any atom is -0.490 e. The van der Waals surface area contributed by atoms with Crippen LogP contribution < -0.4 is 4.74 Å². The van der Waals surface area contributed by atoms with Crippen molar-refractivity contribution < 1.29 is 17.9 Å². The number of para-hydroxylation sites is 1. The Hall–Kier alpha value is -2.01. The van der Waals surface area contributed by atoms with Gasteiger partial charge in [0, 0.05) is 19.0 Å². The van der Waals surface area contributed by atoms with Gasteiger partial charge in [-0.2, -0.15) is 13.2 Å². The third-order valence-corrected chi connectivity index (χ3v) is 4.43. The van der Waals surface area contributed by atoms with Crippen molar-refractivity contribution in [2.24, 2.45) is 0 Å². The van der Waals surface area contributed by atoms with E-state index in [0.29, 0.717) is 12.1 Å². The number of nitrogens with zero attached hydrogens (tertiary/aromatic N) is 1. The molecule has 1 aliphatic rings. The molecule has 1 heterocycles. The molecule has 2 atom stereocenters. The van der Waals surface area contributed by atoms with E-state index in [1.807, 2.05) is 37.4 Å². The molecule has 0 radical (unpaired) electrons. The lowest BCUT2D eigenvalue weighted by Gasteiger charge is -2.37. The maximum atomic E-state index is 13.0. The van der Waals surface area contributed by atoms with E-state index in [2.05, 4.69) is 4.90 Å². The van der Waals surface area contributed by atoms with E-state index < -0.39 is 11.7 Å². The van der Waals surface area contributed by atoms with E-state index in [9.17, 15) is 13.2 Å². The van der Waals surface area contributed by atoms with Crippen molar-refractivity contribution >= 4 is 0 Å². The van der Waals surface area contributed by atoms with Crippen molar-refractivity contribution in [3.63, 3.8) is 0 Å². The average molecular weight is 335 g/mol. The average Bonchev–Trinajstić information content (AvgIpc) is 2.57. The molecule has 0 unspecified atom stereocenters. The fourth-order valence-electron chi connectivity index (χ4n) is 3.17. The fourth-order valence-corrected chi connectivity index (χ4v) is 3.17. The Bertz CT molecular complexity index is 672. The summed E-state index contributed by atoms with van der Waals surface area (Å²) in [5, 5.41) is 0. The highest BCUT2D eigenvalue weighted by Gasteiger charge is 2.34. The lowest BCUT2D eigenvalue weighted by atomic mass is 9.87. The summed E-state index contributed by atoms with van der Waals surface area (Å²) in [6.07, 6.45) is -3.68. The summed E-state index contributed by atoms with van der Waals surface area (Å²) < 4.78 is 45.1. The molecular formula is C19H20F3NO. The number of benzene rings is 2.